The van der Waals surface area contributed by atoms with Crippen LogP contribution in [0.1, 0.15) is 18.5 Å². The highest BCUT2D eigenvalue weighted by Gasteiger charge is 2.10. The Hall–Kier alpha value is -1.32. The minimum atomic E-state index is -0.471. The highest BCUT2D eigenvalue weighted by molar-refractivity contribution is 6.33. The van der Waals surface area contributed by atoms with Crippen molar-refractivity contribution < 1.29 is 8.78 Å². The first-order valence-electron chi connectivity index (χ1n) is 5.64. The standard InChI is InChI=1S/C14H11Cl2F2N/c1-8(9-2-5-13(18)12(16)6-9)19-14-7-10(17)3-4-11(14)15/h2-8,19H,1H3. The fourth-order valence-electron chi connectivity index (χ4n) is 1.71. The molecule has 0 aliphatic heterocycles. The van der Waals surface area contributed by atoms with Gasteiger partial charge in [-0.3, -0.25) is 0 Å². The molecule has 19 heavy (non-hydrogen) atoms. The Balaban J connectivity index is 2.22. The minimum absolute atomic E-state index is 0.0523. The van der Waals surface area contributed by atoms with Crippen molar-refractivity contribution in [3.05, 3.63) is 63.6 Å². The van der Waals surface area contributed by atoms with E-state index in [1.165, 1.54) is 30.3 Å². The zero-order chi connectivity index (χ0) is 14.0. The van der Waals surface area contributed by atoms with E-state index in [9.17, 15) is 8.78 Å². The maximum atomic E-state index is 13.1. The molecule has 1 nitrogen and oxygen atoms in total. The minimum Gasteiger partial charge on any atom is -0.377 e. The second-order valence-corrected chi connectivity index (χ2v) is 4.98. The largest absolute Gasteiger partial charge is 0.377 e. The molecule has 0 saturated heterocycles. The van der Waals surface area contributed by atoms with Crippen molar-refractivity contribution in [1.82, 2.24) is 0 Å². The lowest BCUT2D eigenvalue weighted by Gasteiger charge is -2.17. The van der Waals surface area contributed by atoms with E-state index in [0.717, 1.165) is 5.56 Å². The Labute approximate surface area is 120 Å². The van der Waals surface area contributed by atoms with Gasteiger partial charge in [-0.1, -0.05) is 29.3 Å². The van der Waals surface area contributed by atoms with E-state index in [4.69, 9.17) is 23.2 Å². The molecule has 0 fully saturated rings. The molecule has 2 aromatic carbocycles. The van der Waals surface area contributed by atoms with Crippen LogP contribution in [0.25, 0.3) is 0 Å². The summed E-state index contributed by atoms with van der Waals surface area (Å²) in [6, 6.07) is 8.33. The number of hydrogen-bond donors (Lipinski definition) is 1. The molecule has 2 rings (SSSR count). The Morgan fingerprint density at radius 2 is 1.74 bits per heavy atom. The van der Waals surface area contributed by atoms with Crippen molar-refractivity contribution in [3.8, 4) is 0 Å². The molecular formula is C14H11Cl2F2N. The van der Waals surface area contributed by atoms with Gasteiger partial charge in [-0.25, -0.2) is 8.78 Å². The summed E-state index contributed by atoms with van der Waals surface area (Å²) >= 11 is 11.7. The highest BCUT2D eigenvalue weighted by atomic mass is 35.5. The van der Waals surface area contributed by atoms with Gasteiger partial charge in [0.2, 0.25) is 0 Å². The average molecular weight is 302 g/mol. The molecule has 0 spiro atoms. The van der Waals surface area contributed by atoms with Gasteiger partial charge in [-0.05, 0) is 42.8 Å². The molecule has 0 saturated carbocycles. The van der Waals surface area contributed by atoms with Crippen LogP contribution in [0.5, 0.6) is 0 Å². The van der Waals surface area contributed by atoms with Gasteiger partial charge in [0.05, 0.1) is 15.7 Å². The normalized spacial score (nSPS) is 12.3. The molecule has 1 atom stereocenters. The van der Waals surface area contributed by atoms with Gasteiger partial charge in [0.25, 0.3) is 0 Å². The van der Waals surface area contributed by atoms with Crippen LogP contribution in [-0.2, 0) is 0 Å². The lowest BCUT2D eigenvalue weighted by atomic mass is 10.1. The van der Waals surface area contributed by atoms with Crippen LogP contribution >= 0.6 is 23.2 Å². The molecular weight excluding hydrogens is 291 g/mol. The summed E-state index contributed by atoms with van der Waals surface area (Å²) < 4.78 is 26.2. The second kappa shape index (κ2) is 5.76. The predicted molar refractivity (Wildman–Crippen MR) is 74.9 cm³/mol. The van der Waals surface area contributed by atoms with Crippen molar-refractivity contribution in [2.24, 2.45) is 0 Å². The van der Waals surface area contributed by atoms with Crippen LogP contribution < -0.4 is 5.32 Å². The van der Waals surface area contributed by atoms with Crippen molar-refractivity contribution in [3.63, 3.8) is 0 Å². The van der Waals surface area contributed by atoms with Crippen molar-refractivity contribution >= 4 is 28.9 Å². The first-order chi connectivity index (χ1) is 8.97. The molecule has 2 aromatic rings. The Bertz CT molecular complexity index is 602. The highest BCUT2D eigenvalue weighted by Crippen LogP contribution is 2.28. The molecule has 0 heterocycles. The fourth-order valence-corrected chi connectivity index (χ4v) is 2.07. The van der Waals surface area contributed by atoms with Crippen molar-refractivity contribution in [1.29, 1.82) is 0 Å². The monoisotopic (exact) mass is 301 g/mol. The second-order valence-electron chi connectivity index (χ2n) is 4.16. The average Bonchev–Trinajstić information content (AvgIpc) is 2.37. The number of hydrogen-bond acceptors (Lipinski definition) is 1. The molecule has 5 heteroatoms. The summed E-state index contributed by atoms with van der Waals surface area (Å²) in [6.07, 6.45) is 0. The van der Waals surface area contributed by atoms with Crippen molar-refractivity contribution in [2.45, 2.75) is 13.0 Å². The first kappa shape index (κ1) is 14.1. The number of anilines is 1. The molecule has 0 aromatic heterocycles. The maximum absolute atomic E-state index is 13.1. The van der Waals surface area contributed by atoms with Crippen LogP contribution in [0.15, 0.2) is 36.4 Å². The Kier molecular flexibility index (Phi) is 4.27. The van der Waals surface area contributed by atoms with Gasteiger partial charge >= 0.3 is 0 Å². The summed E-state index contributed by atoms with van der Waals surface area (Å²) in [5.41, 5.74) is 1.27. The lowest BCUT2D eigenvalue weighted by molar-refractivity contribution is 0.626. The molecule has 100 valence electrons. The van der Waals surface area contributed by atoms with Gasteiger partial charge in [0.1, 0.15) is 11.6 Å². The van der Waals surface area contributed by atoms with Crippen molar-refractivity contribution in [2.75, 3.05) is 5.32 Å². The molecule has 0 bridgehead atoms. The van der Waals surface area contributed by atoms with E-state index in [-0.39, 0.29) is 16.9 Å². The number of nitrogens with one attached hydrogen (secondary N) is 1. The van der Waals surface area contributed by atoms with Gasteiger partial charge in [0, 0.05) is 6.04 Å². The van der Waals surface area contributed by atoms with E-state index < -0.39 is 5.82 Å². The molecule has 0 aliphatic carbocycles. The van der Waals surface area contributed by atoms with E-state index in [2.05, 4.69) is 5.32 Å². The van der Waals surface area contributed by atoms with E-state index in [0.29, 0.717) is 10.7 Å². The SMILES string of the molecule is CC(Nc1cc(F)ccc1Cl)c1ccc(F)c(Cl)c1. The van der Waals surface area contributed by atoms with Crippen LogP contribution in [0.4, 0.5) is 14.5 Å². The molecule has 1 N–H and O–H groups in total. The molecule has 0 amide bonds. The van der Waals surface area contributed by atoms with Crippen LogP contribution in [-0.4, -0.2) is 0 Å². The Morgan fingerprint density at radius 1 is 1.00 bits per heavy atom. The third-order valence-corrected chi connectivity index (χ3v) is 3.36. The van der Waals surface area contributed by atoms with E-state index >= 15 is 0 Å². The van der Waals surface area contributed by atoms with Gasteiger partial charge < -0.3 is 5.32 Å². The third-order valence-electron chi connectivity index (χ3n) is 2.74. The van der Waals surface area contributed by atoms with E-state index in [1.54, 1.807) is 6.07 Å². The molecule has 1 unspecified atom stereocenters. The smallest absolute Gasteiger partial charge is 0.141 e. The van der Waals surface area contributed by atoms with E-state index in [1.807, 2.05) is 6.92 Å². The first-order valence-corrected chi connectivity index (χ1v) is 6.39. The summed E-state index contributed by atoms with van der Waals surface area (Å²) in [5, 5.41) is 3.53. The Morgan fingerprint density at radius 3 is 2.42 bits per heavy atom. The summed E-state index contributed by atoms with van der Waals surface area (Å²) in [7, 11) is 0. The van der Waals surface area contributed by atoms with Crippen LogP contribution in [0.2, 0.25) is 10.0 Å². The number of rotatable bonds is 3. The zero-order valence-electron chi connectivity index (χ0n) is 10.1. The lowest BCUT2D eigenvalue weighted by Crippen LogP contribution is -2.07. The quantitative estimate of drug-likeness (QED) is 0.795. The maximum Gasteiger partial charge on any atom is 0.141 e. The topological polar surface area (TPSA) is 12.0 Å². The summed E-state index contributed by atoms with van der Waals surface area (Å²) in [6.45, 7) is 1.85. The number of benzene rings is 2. The summed E-state index contributed by atoms with van der Waals surface area (Å²) in [4.78, 5) is 0. The van der Waals surface area contributed by atoms with Crippen LogP contribution in [0.3, 0.4) is 0 Å². The van der Waals surface area contributed by atoms with Crippen LogP contribution in [0, 0.1) is 11.6 Å². The molecule has 0 radical (unpaired) electrons. The predicted octanol–water partition coefficient (Wildman–Crippen LogP) is 5.44. The van der Waals surface area contributed by atoms with Gasteiger partial charge in [-0.2, -0.15) is 0 Å². The summed E-state index contributed by atoms with van der Waals surface area (Å²) in [5.74, 6) is -0.849. The molecule has 0 aliphatic rings. The third kappa shape index (κ3) is 3.37. The number of halogens is 4. The zero-order valence-corrected chi connectivity index (χ0v) is 11.6. The van der Waals surface area contributed by atoms with Gasteiger partial charge in [-0.15, -0.1) is 0 Å². The van der Waals surface area contributed by atoms with Gasteiger partial charge in [0.15, 0.2) is 0 Å². The fraction of sp³-hybridized carbons (Fsp3) is 0.143.